The van der Waals surface area contributed by atoms with E-state index in [1.165, 1.54) is 0 Å². The summed E-state index contributed by atoms with van der Waals surface area (Å²) in [4.78, 5) is 11.6. The number of hydrogen-bond donors (Lipinski definition) is 0. The molecule has 0 spiro atoms. The minimum Gasteiger partial charge on any atom is -0.311 e. The van der Waals surface area contributed by atoms with E-state index in [0.29, 0.717) is 11.6 Å². The summed E-state index contributed by atoms with van der Waals surface area (Å²) < 4.78 is 1.69. The fourth-order valence-corrected chi connectivity index (χ4v) is 1.69. The lowest BCUT2D eigenvalue weighted by Gasteiger charge is -2.06. The van der Waals surface area contributed by atoms with Crippen molar-refractivity contribution in [2.24, 2.45) is 0 Å². The van der Waals surface area contributed by atoms with Crippen LogP contribution in [0.4, 0.5) is 0 Å². The van der Waals surface area contributed by atoms with Crippen LogP contribution in [0.2, 0.25) is 5.02 Å². The van der Waals surface area contributed by atoms with Crippen LogP contribution in [0.5, 0.6) is 0 Å². The summed E-state index contributed by atoms with van der Waals surface area (Å²) in [6.07, 6.45) is 1.86. The number of rotatable bonds is 2. The number of halogens is 1. The van der Waals surface area contributed by atoms with E-state index >= 15 is 0 Å². The molecule has 2 aromatic rings. The Bertz CT molecular complexity index is 543. The van der Waals surface area contributed by atoms with Crippen molar-refractivity contribution < 1.29 is 0 Å². The van der Waals surface area contributed by atoms with E-state index < -0.39 is 0 Å². The average molecular weight is 234 g/mol. The Labute approximate surface area is 99.1 Å². The maximum Gasteiger partial charge on any atom is 0.250 e. The van der Waals surface area contributed by atoms with E-state index in [9.17, 15) is 4.79 Å². The molecule has 0 amide bonds. The van der Waals surface area contributed by atoms with Gasteiger partial charge in [0.15, 0.2) is 0 Å². The average Bonchev–Trinajstić information content (AvgIpc) is 2.27. The predicted molar refractivity (Wildman–Crippen MR) is 66.0 cm³/mol. The molecular weight excluding hydrogens is 222 g/mol. The number of pyridine rings is 1. The molecule has 1 heterocycles. The van der Waals surface area contributed by atoms with Crippen LogP contribution in [0.15, 0.2) is 47.4 Å². The van der Waals surface area contributed by atoms with Crippen molar-refractivity contribution in [3.05, 3.63) is 69.1 Å². The number of aromatic nitrogens is 1. The lowest BCUT2D eigenvalue weighted by molar-refractivity contribution is 0.754. The molecule has 3 heteroatoms. The highest BCUT2D eigenvalue weighted by molar-refractivity contribution is 6.30. The zero-order valence-electron chi connectivity index (χ0n) is 8.98. The first kappa shape index (κ1) is 11.0. The van der Waals surface area contributed by atoms with Gasteiger partial charge in [-0.15, -0.1) is 0 Å². The maximum atomic E-state index is 11.6. The number of benzene rings is 1. The summed E-state index contributed by atoms with van der Waals surface area (Å²) in [5.41, 5.74) is 2.16. The molecule has 0 saturated carbocycles. The molecule has 0 aliphatic rings. The summed E-state index contributed by atoms with van der Waals surface area (Å²) in [6.45, 7) is 2.55. The van der Waals surface area contributed by atoms with Crippen LogP contribution in [0.1, 0.15) is 11.1 Å². The lowest BCUT2D eigenvalue weighted by atomic mass is 10.2. The third kappa shape index (κ3) is 2.52. The summed E-state index contributed by atoms with van der Waals surface area (Å²) in [6, 6.07) is 10.9. The first-order chi connectivity index (χ1) is 7.65. The molecular formula is C13H12ClNO. The topological polar surface area (TPSA) is 22.0 Å². The van der Waals surface area contributed by atoms with Gasteiger partial charge in [0.25, 0.3) is 5.56 Å². The fraction of sp³-hybridized carbons (Fsp3) is 0.154. The molecule has 16 heavy (non-hydrogen) atoms. The van der Waals surface area contributed by atoms with Gasteiger partial charge < -0.3 is 4.57 Å². The molecule has 0 atom stereocenters. The Morgan fingerprint density at radius 2 is 1.81 bits per heavy atom. The van der Waals surface area contributed by atoms with Gasteiger partial charge in [-0.05, 0) is 30.2 Å². The van der Waals surface area contributed by atoms with Crippen molar-refractivity contribution >= 4 is 11.6 Å². The Morgan fingerprint density at radius 3 is 2.50 bits per heavy atom. The Hall–Kier alpha value is -1.54. The quantitative estimate of drug-likeness (QED) is 0.782. The van der Waals surface area contributed by atoms with E-state index in [4.69, 9.17) is 11.6 Å². The van der Waals surface area contributed by atoms with E-state index in [1.54, 1.807) is 10.6 Å². The van der Waals surface area contributed by atoms with Gasteiger partial charge in [-0.2, -0.15) is 0 Å². The first-order valence-corrected chi connectivity index (χ1v) is 5.44. The molecule has 82 valence electrons. The first-order valence-electron chi connectivity index (χ1n) is 5.07. The van der Waals surface area contributed by atoms with Crippen LogP contribution in [-0.4, -0.2) is 4.57 Å². The highest BCUT2D eigenvalue weighted by Crippen LogP contribution is 2.10. The zero-order chi connectivity index (χ0) is 11.5. The van der Waals surface area contributed by atoms with Crippen molar-refractivity contribution in [2.75, 3.05) is 0 Å². The SMILES string of the molecule is Cc1ccc(=O)n(Cc2ccc(Cl)cc2)c1. The number of hydrogen-bond acceptors (Lipinski definition) is 1. The molecule has 2 nitrogen and oxygen atoms in total. The van der Waals surface area contributed by atoms with Crippen molar-refractivity contribution in [3.8, 4) is 0 Å². The highest BCUT2D eigenvalue weighted by atomic mass is 35.5. The third-order valence-corrected chi connectivity index (χ3v) is 2.65. The molecule has 0 aliphatic carbocycles. The van der Waals surface area contributed by atoms with Crippen molar-refractivity contribution in [1.82, 2.24) is 4.57 Å². The predicted octanol–water partition coefficient (Wildman–Crippen LogP) is 2.86. The molecule has 1 aromatic carbocycles. The van der Waals surface area contributed by atoms with E-state index in [2.05, 4.69) is 0 Å². The normalized spacial score (nSPS) is 10.4. The monoisotopic (exact) mass is 233 g/mol. The number of aryl methyl sites for hydroxylation is 1. The molecule has 0 N–H and O–H groups in total. The number of nitrogens with zero attached hydrogens (tertiary/aromatic N) is 1. The van der Waals surface area contributed by atoms with Gasteiger partial charge in [0, 0.05) is 17.3 Å². The molecule has 0 aliphatic heterocycles. The van der Waals surface area contributed by atoms with Gasteiger partial charge in [0.1, 0.15) is 0 Å². The smallest absolute Gasteiger partial charge is 0.250 e. The minimum atomic E-state index is 0.0144. The highest BCUT2D eigenvalue weighted by Gasteiger charge is 1.98. The summed E-state index contributed by atoms with van der Waals surface area (Å²) in [5, 5.41) is 0.709. The minimum absolute atomic E-state index is 0.0144. The van der Waals surface area contributed by atoms with E-state index in [0.717, 1.165) is 11.1 Å². The van der Waals surface area contributed by atoms with Crippen LogP contribution >= 0.6 is 11.6 Å². The van der Waals surface area contributed by atoms with Crippen LogP contribution in [0.3, 0.4) is 0 Å². The molecule has 2 rings (SSSR count). The van der Waals surface area contributed by atoms with Gasteiger partial charge in [-0.25, -0.2) is 0 Å². The van der Waals surface area contributed by atoms with Gasteiger partial charge in [0.2, 0.25) is 0 Å². The van der Waals surface area contributed by atoms with Gasteiger partial charge in [-0.1, -0.05) is 29.8 Å². The second-order valence-corrected chi connectivity index (χ2v) is 4.24. The Balaban J connectivity index is 2.30. The Morgan fingerprint density at radius 1 is 1.12 bits per heavy atom. The zero-order valence-corrected chi connectivity index (χ0v) is 9.74. The fourth-order valence-electron chi connectivity index (χ4n) is 1.56. The molecule has 0 saturated heterocycles. The Kier molecular flexibility index (Phi) is 3.11. The molecule has 0 bridgehead atoms. The van der Waals surface area contributed by atoms with Gasteiger partial charge in [-0.3, -0.25) is 4.79 Å². The van der Waals surface area contributed by atoms with Crippen molar-refractivity contribution in [1.29, 1.82) is 0 Å². The molecule has 0 radical (unpaired) electrons. The lowest BCUT2D eigenvalue weighted by Crippen LogP contribution is -2.19. The summed E-state index contributed by atoms with van der Waals surface area (Å²) >= 11 is 5.80. The standard InChI is InChI=1S/C13H12ClNO/c1-10-2-7-13(16)15(8-10)9-11-3-5-12(14)6-4-11/h2-8H,9H2,1H3. The van der Waals surface area contributed by atoms with Gasteiger partial charge in [0.05, 0.1) is 6.54 Å². The third-order valence-electron chi connectivity index (χ3n) is 2.40. The van der Waals surface area contributed by atoms with E-state index in [-0.39, 0.29) is 5.56 Å². The largest absolute Gasteiger partial charge is 0.311 e. The van der Waals surface area contributed by atoms with Crippen LogP contribution in [0, 0.1) is 6.92 Å². The van der Waals surface area contributed by atoms with Crippen LogP contribution in [-0.2, 0) is 6.54 Å². The van der Waals surface area contributed by atoms with Crippen molar-refractivity contribution in [2.45, 2.75) is 13.5 Å². The maximum absolute atomic E-state index is 11.6. The van der Waals surface area contributed by atoms with Crippen LogP contribution in [0.25, 0.3) is 0 Å². The molecule has 1 aromatic heterocycles. The molecule has 0 unspecified atom stereocenters. The molecule has 0 fully saturated rings. The summed E-state index contributed by atoms with van der Waals surface area (Å²) in [7, 11) is 0. The summed E-state index contributed by atoms with van der Waals surface area (Å²) in [5.74, 6) is 0. The van der Waals surface area contributed by atoms with Gasteiger partial charge >= 0.3 is 0 Å². The second-order valence-electron chi connectivity index (χ2n) is 3.80. The van der Waals surface area contributed by atoms with E-state index in [1.807, 2.05) is 43.5 Å². The second kappa shape index (κ2) is 4.54. The van der Waals surface area contributed by atoms with Crippen molar-refractivity contribution in [3.63, 3.8) is 0 Å². The van der Waals surface area contributed by atoms with Crippen LogP contribution < -0.4 is 5.56 Å².